The highest BCUT2D eigenvalue weighted by Crippen LogP contribution is 2.28. The molecule has 92 valence electrons. The van der Waals surface area contributed by atoms with Crippen molar-refractivity contribution >= 4 is 17.4 Å². The predicted molar refractivity (Wildman–Crippen MR) is 75.7 cm³/mol. The second-order valence-corrected chi connectivity index (χ2v) is 5.21. The average molecular weight is 248 g/mol. The number of hydrogen-bond donors (Lipinski definition) is 0. The van der Waals surface area contributed by atoms with Crippen LogP contribution in [0.15, 0.2) is 23.1 Å². The lowest BCUT2D eigenvalue weighted by molar-refractivity contribution is 0.559. The number of hydrogen-bond acceptors (Lipinski definition) is 3. The lowest BCUT2D eigenvalue weighted by Crippen LogP contribution is -2.24. The van der Waals surface area contributed by atoms with Crippen molar-refractivity contribution in [2.45, 2.75) is 25.2 Å². The molecular weight excluding hydrogens is 228 g/mol. The van der Waals surface area contributed by atoms with E-state index in [1.54, 1.807) is 11.8 Å². The molecule has 1 atom stereocenters. The molecule has 0 aliphatic heterocycles. The van der Waals surface area contributed by atoms with Crippen molar-refractivity contribution in [1.82, 2.24) is 0 Å². The van der Waals surface area contributed by atoms with E-state index < -0.39 is 0 Å². The van der Waals surface area contributed by atoms with Gasteiger partial charge in [0.15, 0.2) is 0 Å². The van der Waals surface area contributed by atoms with Crippen molar-refractivity contribution < 1.29 is 0 Å². The maximum Gasteiger partial charge on any atom is 0.102 e. The Bertz CT molecular complexity index is 409. The lowest BCUT2D eigenvalue weighted by Gasteiger charge is -2.24. The standard InChI is InChI=1S/C14H20N2S/c1-5-11(2)10-16(3)13-7-6-8-14(17-4)12(13)9-15/h6-8,11H,5,10H2,1-4H3. The highest BCUT2D eigenvalue weighted by Gasteiger charge is 2.12. The van der Waals surface area contributed by atoms with Crippen LogP contribution in [-0.4, -0.2) is 19.8 Å². The first-order valence-corrected chi connectivity index (χ1v) is 7.14. The van der Waals surface area contributed by atoms with Gasteiger partial charge in [-0.1, -0.05) is 26.3 Å². The van der Waals surface area contributed by atoms with Gasteiger partial charge in [-0.3, -0.25) is 0 Å². The Balaban J connectivity index is 3.01. The van der Waals surface area contributed by atoms with Crippen molar-refractivity contribution in [1.29, 1.82) is 5.26 Å². The smallest absolute Gasteiger partial charge is 0.102 e. The SMILES string of the molecule is CCC(C)CN(C)c1cccc(SC)c1C#N. The fourth-order valence-corrected chi connectivity index (χ4v) is 2.38. The molecule has 0 aliphatic rings. The zero-order valence-electron chi connectivity index (χ0n) is 11.0. The van der Waals surface area contributed by atoms with Gasteiger partial charge in [-0.05, 0) is 24.3 Å². The van der Waals surface area contributed by atoms with Gasteiger partial charge in [0.2, 0.25) is 0 Å². The van der Waals surface area contributed by atoms with Crippen molar-refractivity contribution in [2.24, 2.45) is 5.92 Å². The van der Waals surface area contributed by atoms with Crippen LogP contribution in [0.25, 0.3) is 0 Å². The molecule has 0 spiro atoms. The Labute approximate surface area is 109 Å². The molecule has 0 heterocycles. The summed E-state index contributed by atoms with van der Waals surface area (Å²) >= 11 is 1.63. The molecule has 0 radical (unpaired) electrons. The van der Waals surface area contributed by atoms with Crippen LogP contribution in [0.3, 0.4) is 0 Å². The van der Waals surface area contributed by atoms with Crippen LogP contribution in [0, 0.1) is 17.2 Å². The summed E-state index contributed by atoms with van der Waals surface area (Å²) in [6.07, 6.45) is 3.17. The number of rotatable bonds is 5. The van der Waals surface area contributed by atoms with Gasteiger partial charge < -0.3 is 4.90 Å². The molecule has 1 aromatic carbocycles. The van der Waals surface area contributed by atoms with E-state index in [0.717, 1.165) is 29.1 Å². The fraction of sp³-hybridized carbons (Fsp3) is 0.500. The Morgan fingerprint density at radius 3 is 2.71 bits per heavy atom. The van der Waals surface area contributed by atoms with Crippen LogP contribution in [-0.2, 0) is 0 Å². The summed E-state index contributed by atoms with van der Waals surface area (Å²) in [6, 6.07) is 8.38. The molecule has 0 saturated carbocycles. The maximum atomic E-state index is 9.28. The van der Waals surface area contributed by atoms with E-state index in [1.165, 1.54) is 0 Å². The molecule has 0 fully saturated rings. The highest BCUT2D eigenvalue weighted by molar-refractivity contribution is 7.98. The van der Waals surface area contributed by atoms with E-state index in [-0.39, 0.29) is 0 Å². The predicted octanol–water partition coefficient (Wildman–Crippen LogP) is 3.76. The Morgan fingerprint density at radius 1 is 1.47 bits per heavy atom. The molecule has 0 amide bonds. The van der Waals surface area contributed by atoms with Crippen LogP contribution >= 0.6 is 11.8 Å². The molecule has 2 nitrogen and oxygen atoms in total. The van der Waals surface area contributed by atoms with Gasteiger partial charge in [0.05, 0.1) is 11.3 Å². The van der Waals surface area contributed by atoms with E-state index in [2.05, 4.69) is 31.9 Å². The van der Waals surface area contributed by atoms with E-state index in [4.69, 9.17) is 0 Å². The van der Waals surface area contributed by atoms with Crippen LogP contribution in [0.1, 0.15) is 25.8 Å². The fourth-order valence-electron chi connectivity index (χ4n) is 1.82. The van der Waals surface area contributed by atoms with E-state index in [0.29, 0.717) is 5.92 Å². The molecule has 1 aromatic rings. The van der Waals surface area contributed by atoms with Crippen molar-refractivity contribution in [3.8, 4) is 6.07 Å². The summed E-state index contributed by atoms with van der Waals surface area (Å²) in [7, 11) is 2.06. The number of benzene rings is 1. The molecular formula is C14H20N2S. The molecule has 1 rings (SSSR count). The topological polar surface area (TPSA) is 27.0 Å². The van der Waals surface area contributed by atoms with Crippen LogP contribution in [0.2, 0.25) is 0 Å². The molecule has 0 aliphatic carbocycles. The Hall–Kier alpha value is -1.14. The van der Waals surface area contributed by atoms with Gasteiger partial charge in [0, 0.05) is 18.5 Å². The first-order chi connectivity index (χ1) is 8.13. The summed E-state index contributed by atoms with van der Waals surface area (Å²) in [5.41, 5.74) is 1.84. The van der Waals surface area contributed by atoms with Gasteiger partial charge in [-0.25, -0.2) is 0 Å². The van der Waals surface area contributed by atoms with Crippen LogP contribution in [0.5, 0.6) is 0 Å². The lowest BCUT2D eigenvalue weighted by atomic mass is 10.1. The zero-order valence-corrected chi connectivity index (χ0v) is 11.8. The van der Waals surface area contributed by atoms with Gasteiger partial charge in [0.25, 0.3) is 0 Å². The van der Waals surface area contributed by atoms with Crippen molar-refractivity contribution in [2.75, 3.05) is 24.7 Å². The first-order valence-electron chi connectivity index (χ1n) is 5.92. The maximum absolute atomic E-state index is 9.28. The quantitative estimate of drug-likeness (QED) is 0.742. The van der Waals surface area contributed by atoms with Crippen molar-refractivity contribution in [3.63, 3.8) is 0 Å². The third-order valence-corrected chi connectivity index (χ3v) is 3.81. The molecule has 0 saturated heterocycles. The van der Waals surface area contributed by atoms with E-state index >= 15 is 0 Å². The summed E-state index contributed by atoms with van der Waals surface area (Å²) in [5, 5.41) is 9.28. The minimum Gasteiger partial charge on any atom is -0.373 e. The summed E-state index contributed by atoms with van der Waals surface area (Å²) in [5.74, 6) is 0.643. The monoisotopic (exact) mass is 248 g/mol. The summed E-state index contributed by atoms with van der Waals surface area (Å²) in [4.78, 5) is 3.24. The second-order valence-electron chi connectivity index (χ2n) is 4.36. The normalized spacial score (nSPS) is 11.9. The Morgan fingerprint density at radius 2 is 2.18 bits per heavy atom. The van der Waals surface area contributed by atoms with Crippen LogP contribution < -0.4 is 4.90 Å². The number of thioether (sulfide) groups is 1. The minimum absolute atomic E-state index is 0.643. The minimum atomic E-state index is 0.643. The first kappa shape index (κ1) is 13.9. The second kappa shape index (κ2) is 6.56. The number of nitriles is 1. The average Bonchev–Trinajstić information content (AvgIpc) is 2.37. The Kier molecular flexibility index (Phi) is 5.37. The molecule has 0 bridgehead atoms. The van der Waals surface area contributed by atoms with Gasteiger partial charge in [-0.2, -0.15) is 5.26 Å². The van der Waals surface area contributed by atoms with Crippen LogP contribution in [0.4, 0.5) is 5.69 Å². The van der Waals surface area contributed by atoms with Gasteiger partial charge in [0.1, 0.15) is 6.07 Å². The summed E-state index contributed by atoms with van der Waals surface area (Å²) in [6.45, 7) is 5.42. The van der Waals surface area contributed by atoms with E-state index in [1.807, 2.05) is 24.5 Å². The number of anilines is 1. The third kappa shape index (κ3) is 3.41. The molecule has 3 heteroatoms. The number of nitrogens with zero attached hydrogens (tertiary/aromatic N) is 2. The molecule has 0 aromatic heterocycles. The van der Waals surface area contributed by atoms with Gasteiger partial charge in [-0.15, -0.1) is 11.8 Å². The zero-order chi connectivity index (χ0) is 12.8. The van der Waals surface area contributed by atoms with E-state index in [9.17, 15) is 5.26 Å². The highest BCUT2D eigenvalue weighted by atomic mass is 32.2. The molecule has 17 heavy (non-hydrogen) atoms. The summed E-state index contributed by atoms with van der Waals surface area (Å²) < 4.78 is 0. The van der Waals surface area contributed by atoms with Crippen molar-refractivity contribution in [3.05, 3.63) is 23.8 Å². The largest absolute Gasteiger partial charge is 0.373 e. The molecule has 0 N–H and O–H groups in total. The van der Waals surface area contributed by atoms with Gasteiger partial charge >= 0.3 is 0 Å². The molecule has 1 unspecified atom stereocenters. The third-order valence-electron chi connectivity index (χ3n) is 3.03.